The molecule has 0 amide bonds. The van der Waals surface area contributed by atoms with Crippen LogP contribution < -0.4 is 5.73 Å². The highest BCUT2D eigenvalue weighted by Gasteiger charge is 2.42. The number of hydrogen-bond acceptors (Lipinski definition) is 3. The molecule has 2 fully saturated rings. The Morgan fingerprint density at radius 1 is 1.08 bits per heavy atom. The molecule has 3 heteroatoms. The van der Waals surface area contributed by atoms with Crippen LogP contribution in [0.25, 0.3) is 0 Å². The Hall–Kier alpha value is -0.120. The van der Waals surface area contributed by atoms with Crippen molar-refractivity contribution in [1.82, 2.24) is 0 Å². The van der Waals surface area contributed by atoms with Crippen molar-refractivity contribution in [3.8, 4) is 0 Å². The third-order valence-corrected chi connectivity index (χ3v) is 2.84. The lowest BCUT2D eigenvalue weighted by Crippen LogP contribution is -2.56. The van der Waals surface area contributed by atoms with Gasteiger partial charge < -0.3 is 15.2 Å². The second-order valence-electron chi connectivity index (χ2n) is 3.71. The van der Waals surface area contributed by atoms with Crippen LogP contribution in [0.5, 0.6) is 0 Å². The zero-order valence-corrected chi connectivity index (χ0v) is 7.42. The van der Waals surface area contributed by atoms with Crippen LogP contribution in [0, 0.1) is 0 Å². The average Bonchev–Trinajstić information content (AvgIpc) is 2.12. The van der Waals surface area contributed by atoms with Gasteiger partial charge in [0.25, 0.3) is 0 Å². The van der Waals surface area contributed by atoms with Gasteiger partial charge in [-0.25, -0.2) is 0 Å². The summed E-state index contributed by atoms with van der Waals surface area (Å²) in [5, 5.41) is 0. The monoisotopic (exact) mass is 171 g/mol. The first-order chi connectivity index (χ1) is 5.83. The standard InChI is InChI=1S/C9H17NO2/c10-8-4-1-2-5-9(8)11-6-3-7-12-9/h8H,1-7,10H2. The van der Waals surface area contributed by atoms with Crippen molar-refractivity contribution in [2.75, 3.05) is 13.2 Å². The van der Waals surface area contributed by atoms with Crippen LogP contribution in [0.4, 0.5) is 0 Å². The zero-order valence-electron chi connectivity index (χ0n) is 7.42. The van der Waals surface area contributed by atoms with Crippen LogP contribution in [-0.2, 0) is 9.47 Å². The summed E-state index contributed by atoms with van der Waals surface area (Å²) >= 11 is 0. The molecule has 0 aromatic rings. The van der Waals surface area contributed by atoms with E-state index in [1.54, 1.807) is 0 Å². The first-order valence-electron chi connectivity index (χ1n) is 4.87. The lowest BCUT2D eigenvalue weighted by molar-refractivity contribution is -0.287. The van der Waals surface area contributed by atoms with Gasteiger partial charge >= 0.3 is 0 Å². The summed E-state index contributed by atoms with van der Waals surface area (Å²) in [6.45, 7) is 1.63. The highest BCUT2D eigenvalue weighted by molar-refractivity contribution is 4.88. The van der Waals surface area contributed by atoms with E-state index < -0.39 is 5.79 Å². The fourth-order valence-corrected chi connectivity index (χ4v) is 2.09. The molecule has 3 nitrogen and oxygen atoms in total. The zero-order chi connectivity index (χ0) is 8.44. The topological polar surface area (TPSA) is 44.5 Å². The van der Waals surface area contributed by atoms with Crippen molar-refractivity contribution in [1.29, 1.82) is 0 Å². The van der Waals surface area contributed by atoms with Gasteiger partial charge in [-0.2, -0.15) is 0 Å². The normalized spacial score (nSPS) is 35.2. The van der Waals surface area contributed by atoms with E-state index in [1.807, 2.05) is 0 Å². The van der Waals surface area contributed by atoms with Gasteiger partial charge in [-0.05, 0) is 19.3 Å². The number of rotatable bonds is 0. The van der Waals surface area contributed by atoms with E-state index in [0.717, 1.165) is 32.5 Å². The van der Waals surface area contributed by atoms with Crippen molar-refractivity contribution in [2.45, 2.75) is 43.9 Å². The molecule has 1 heterocycles. The molecule has 1 spiro atoms. The Kier molecular flexibility index (Phi) is 2.35. The first-order valence-corrected chi connectivity index (χ1v) is 4.87. The van der Waals surface area contributed by atoms with Crippen LogP contribution in [0.15, 0.2) is 0 Å². The summed E-state index contributed by atoms with van der Waals surface area (Å²) < 4.78 is 11.3. The molecule has 0 aromatic heterocycles. The van der Waals surface area contributed by atoms with Crippen molar-refractivity contribution in [3.63, 3.8) is 0 Å². The quantitative estimate of drug-likeness (QED) is 0.592. The van der Waals surface area contributed by atoms with Gasteiger partial charge in [-0.15, -0.1) is 0 Å². The minimum absolute atomic E-state index is 0.0894. The van der Waals surface area contributed by atoms with Crippen LogP contribution in [0.2, 0.25) is 0 Å². The molecule has 0 radical (unpaired) electrons. The van der Waals surface area contributed by atoms with Crippen LogP contribution in [0.3, 0.4) is 0 Å². The van der Waals surface area contributed by atoms with Crippen molar-refractivity contribution in [2.24, 2.45) is 5.73 Å². The first kappa shape index (κ1) is 8.48. The third kappa shape index (κ3) is 1.37. The predicted molar refractivity (Wildman–Crippen MR) is 45.7 cm³/mol. The molecule has 70 valence electrons. The third-order valence-electron chi connectivity index (χ3n) is 2.84. The Morgan fingerprint density at radius 3 is 2.50 bits per heavy atom. The summed E-state index contributed by atoms with van der Waals surface area (Å²) in [5.41, 5.74) is 5.99. The number of hydrogen-bond donors (Lipinski definition) is 1. The molecule has 1 aliphatic heterocycles. The summed E-state index contributed by atoms with van der Waals surface area (Å²) in [6.07, 6.45) is 5.44. The highest BCUT2D eigenvalue weighted by Crippen LogP contribution is 2.34. The van der Waals surface area contributed by atoms with Gasteiger partial charge in [0.05, 0.1) is 19.3 Å². The van der Waals surface area contributed by atoms with Crippen LogP contribution >= 0.6 is 0 Å². The van der Waals surface area contributed by atoms with Gasteiger partial charge in [-0.1, -0.05) is 6.42 Å². The molecular formula is C9H17NO2. The van der Waals surface area contributed by atoms with E-state index in [-0.39, 0.29) is 6.04 Å². The van der Waals surface area contributed by atoms with E-state index in [4.69, 9.17) is 15.2 Å². The molecule has 2 rings (SSSR count). The second kappa shape index (κ2) is 3.32. The van der Waals surface area contributed by atoms with Crippen molar-refractivity contribution >= 4 is 0 Å². The van der Waals surface area contributed by atoms with Gasteiger partial charge in [0, 0.05) is 6.42 Å². The number of nitrogens with two attached hydrogens (primary N) is 1. The lowest BCUT2D eigenvalue weighted by atomic mass is 9.89. The Balaban J connectivity index is 2.04. The van der Waals surface area contributed by atoms with Gasteiger partial charge in [-0.3, -0.25) is 0 Å². The minimum Gasteiger partial charge on any atom is -0.348 e. The molecule has 0 aromatic carbocycles. The van der Waals surface area contributed by atoms with E-state index in [1.165, 1.54) is 12.8 Å². The van der Waals surface area contributed by atoms with Crippen molar-refractivity contribution < 1.29 is 9.47 Å². The molecular weight excluding hydrogens is 154 g/mol. The molecule has 12 heavy (non-hydrogen) atoms. The fraction of sp³-hybridized carbons (Fsp3) is 1.00. The maximum absolute atomic E-state index is 5.99. The van der Waals surface area contributed by atoms with E-state index >= 15 is 0 Å². The fourth-order valence-electron chi connectivity index (χ4n) is 2.09. The van der Waals surface area contributed by atoms with Crippen molar-refractivity contribution in [3.05, 3.63) is 0 Å². The smallest absolute Gasteiger partial charge is 0.183 e. The summed E-state index contributed by atoms with van der Waals surface area (Å²) in [7, 11) is 0. The average molecular weight is 171 g/mol. The van der Waals surface area contributed by atoms with E-state index in [2.05, 4.69) is 0 Å². The largest absolute Gasteiger partial charge is 0.348 e. The number of ether oxygens (including phenoxy) is 2. The summed E-state index contributed by atoms with van der Waals surface area (Å²) in [4.78, 5) is 0. The predicted octanol–water partition coefficient (Wildman–Crippen LogP) is 1.02. The molecule has 2 N–H and O–H groups in total. The lowest BCUT2D eigenvalue weighted by Gasteiger charge is -2.44. The molecule has 1 atom stereocenters. The Labute approximate surface area is 73.2 Å². The minimum atomic E-state index is -0.406. The Morgan fingerprint density at radius 2 is 1.83 bits per heavy atom. The van der Waals surface area contributed by atoms with E-state index in [0.29, 0.717) is 0 Å². The second-order valence-corrected chi connectivity index (χ2v) is 3.71. The molecule has 1 saturated carbocycles. The SMILES string of the molecule is NC1CCCCC12OCCCO2. The van der Waals surface area contributed by atoms with E-state index in [9.17, 15) is 0 Å². The van der Waals surface area contributed by atoms with Gasteiger partial charge in [0.2, 0.25) is 0 Å². The highest BCUT2D eigenvalue weighted by atomic mass is 16.7. The van der Waals surface area contributed by atoms with Gasteiger partial charge in [0.1, 0.15) is 0 Å². The summed E-state index contributed by atoms with van der Waals surface area (Å²) in [6, 6.07) is 0.0894. The molecule has 1 saturated heterocycles. The maximum Gasteiger partial charge on any atom is 0.183 e. The molecule has 2 aliphatic rings. The van der Waals surface area contributed by atoms with Crippen LogP contribution in [-0.4, -0.2) is 25.0 Å². The maximum atomic E-state index is 5.99. The van der Waals surface area contributed by atoms with Crippen LogP contribution in [0.1, 0.15) is 32.1 Å². The molecule has 0 bridgehead atoms. The van der Waals surface area contributed by atoms with Gasteiger partial charge in [0.15, 0.2) is 5.79 Å². The summed E-state index contributed by atoms with van der Waals surface area (Å²) in [5.74, 6) is -0.406. The Bertz CT molecular complexity index is 146. The molecule has 1 aliphatic carbocycles. The molecule has 1 unspecified atom stereocenters.